The van der Waals surface area contributed by atoms with E-state index < -0.39 is 17.9 Å². The summed E-state index contributed by atoms with van der Waals surface area (Å²) in [4.78, 5) is 3.92. The van der Waals surface area contributed by atoms with Gasteiger partial charge in [0.2, 0.25) is 11.6 Å². The van der Waals surface area contributed by atoms with Gasteiger partial charge in [-0.25, -0.2) is 10.1 Å². The van der Waals surface area contributed by atoms with Crippen LogP contribution in [0.4, 0.5) is 22.0 Å². The number of rotatable bonds is 1. The maximum Gasteiger partial charge on any atom is 0.461 e. The Balaban J connectivity index is 2.38. The Morgan fingerprint density at radius 3 is 2.50 bits per heavy atom. The minimum atomic E-state index is -5.73. The molecule has 0 bridgehead atoms. The first-order valence-corrected chi connectivity index (χ1v) is 5.50. The average Bonchev–Trinajstić information content (AvgIpc) is 2.86. The zero-order chi connectivity index (χ0) is 14.7. The van der Waals surface area contributed by atoms with Gasteiger partial charge in [-0.05, 0) is 24.6 Å². The van der Waals surface area contributed by atoms with E-state index in [9.17, 15) is 22.0 Å². The number of halogens is 5. The van der Waals surface area contributed by atoms with Crippen LogP contribution >= 0.6 is 0 Å². The number of aromatic amines is 1. The Labute approximate surface area is 108 Å². The third kappa shape index (κ3) is 1.58. The Morgan fingerprint density at radius 1 is 1.15 bits per heavy atom. The lowest BCUT2D eigenvalue weighted by Crippen LogP contribution is -2.35. The summed E-state index contributed by atoms with van der Waals surface area (Å²) in [5.74, 6) is -6.65. The lowest BCUT2D eigenvalue weighted by Gasteiger charge is -2.17. The molecule has 4 nitrogen and oxygen atoms in total. The van der Waals surface area contributed by atoms with Crippen molar-refractivity contribution in [1.82, 2.24) is 19.6 Å². The molecule has 0 unspecified atom stereocenters. The van der Waals surface area contributed by atoms with Crippen LogP contribution in [0.25, 0.3) is 16.8 Å². The van der Waals surface area contributed by atoms with Crippen LogP contribution in [0.1, 0.15) is 11.4 Å². The first kappa shape index (κ1) is 12.8. The van der Waals surface area contributed by atoms with Gasteiger partial charge in [0.15, 0.2) is 0 Å². The third-order valence-corrected chi connectivity index (χ3v) is 2.92. The van der Waals surface area contributed by atoms with E-state index in [1.165, 1.54) is 6.07 Å². The second-order valence-corrected chi connectivity index (χ2v) is 4.38. The Kier molecular flexibility index (Phi) is 2.36. The van der Waals surface area contributed by atoms with Gasteiger partial charge in [0.25, 0.3) is 0 Å². The van der Waals surface area contributed by atoms with E-state index in [2.05, 4.69) is 15.2 Å². The highest BCUT2D eigenvalue weighted by Crippen LogP contribution is 2.43. The lowest BCUT2D eigenvalue weighted by molar-refractivity contribution is -0.292. The third-order valence-electron chi connectivity index (χ3n) is 2.92. The molecule has 0 fully saturated rings. The summed E-state index contributed by atoms with van der Waals surface area (Å²) in [6, 6.07) is 4.70. The summed E-state index contributed by atoms with van der Waals surface area (Å²) in [6.07, 6.45) is -5.73. The molecule has 0 aliphatic heterocycles. The molecule has 0 atom stereocenters. The number of H-pyrrole nitrogens is 1. The summed E-state index contributed by atoms with van der Waals surface area (Å²) in [5.41, 5.74) is 1.16. The van der Waals surface area contributed by atoms with Crippen molar-refractivity contribution in [3.05, 3.63) is 29.6 Å². The second-order valence-electron chi connectivity index (χ2n) is 4.38. The normalized spacial score (nSPS) is 13.5. The fourth-order valence-corrected chi connectivity index (χ4v) is 1.97. The van der Waals surface area contributed by atoms with Crippen LogP contribution < -0.4 is 0 Å². The van der Waals surface area contributed by atoms with Crippen molar-refractivity contribution in [1.29, 1.82) is 0 Å². The number of hydrogen-bond acceptors (Lipinski definition) is 2. The Hall–Kier alpha value is -2.19. The summed E-state index contributed by atoms with van der Waals surface area (Å²) in [7, 11) is 0. The molecule has 3 rings (SSSR count). The van der Waals surface area contributed by atoms with Crippen LogP contribution in [-0.2, 0) is 5.92 Å². The number of aryl methyl sites for hydroxylation is 1. The Bertz CT molecular complexity index is 798. The average molecular weight is 290 g/mol. The quantitative estimate of drug-likeness (QED) is 0.700. The fourth-order valence-electron chi connectivity index (χ4n) is 1.97. The van der Waals surface area contributed by atoms with Crippen molar-refractivity contribution < 1.29 is 22.0 Å². The molecule has 2 heterocycles. The van der Waals surface area contributed by atoms with Crippen LogP contribution in [0.3, 0.4) is 0 Å². The van der Waals surface area contributed by atoms with E-state index in [0.717, 1.165) is 0 Å². The van der Waals surface area contributed by atoms with Gasteiger partial charge in [0, 0.05) is 0 Å². The molecule has 1 aromatic carbocycles. The molecule has 0 spiro atoms. The van der Waals surface area contributed by atoms with Crippen molar-refractivity contribution in [2.75, 3.05) is 0 Å². The first-order valence-electron chi connectivity index (χ1n) is 5.50. The smallest absolute Gasteiger partial charge is 0.258 e. The predicted octanol–water partition coefficient (Wildman–Crippen LogP) is 3.17. The van der Waals surface area contributed by atoms with Gasteiger partial charge in [0.1, 0.15) is 0 Å². The molecule has 2 aromatic heterocycles. The van der Waals surface area contributed by atoms with Crippen molar-refractivity contribution >= 4 is 16.8 Å². The number of nitrogens with one attached hydrogen (secondary N) is 1. The molecule has 0 saturated carbocycles. The largest absolute Gasteiger partial charge is 0.461 e. The maximum atomic E-state index is 13.5. The summed E-state index contributed by atoms with van der Waals surface area (Å²) < 4.78 is 65.1. The second kappa shape index (κ2) is 3.68. The summed E-state index contributed by atoms with van der Waals surface area (Å²) in [6.45, 7) is 1.69. The van der Waals surface area contributed by atoms with Crippen molar-refractivity contribution in [3.63, 3.8) is 0 Å². The summed E-state index contributed by atoms with van der Waals surface area (Å²) >= 11 is 0. The number of benzene rings is 1. The molecular weight excluding hydrogens is 283 g/mol. The molecule has 3 aromatic rings. The zero-order valence-electron chi connectivity index (χ0n) is 9.96. The van der Waals surface area contributed by atoms with Gasteiger partial charge < -0.3 is 0 Å². The fraction of sp³-hybridized carbons (Fsp3) is 0.273. The number of nitrogens with zero attached hydrogens (tertiary/aromatic N) is 3. The lowest BCUT2D eigenvalue weighted by atomic mass is 10.2. The molecule has 0 aliphatic rings. The highest BCUT2D eigenvalue weighted by Gasteiger charge is 2.62. The van der Waals surface area contributed by atoms with Gasteiger partial charge >= 0.3 is 12.1 Å². The van der Waals surface area contributed by atoms with Gasteiger partial charge in [-0.3, -0.25) is 4.40 Å². The van der Waals surface area contributed by atoms with Crippen molar-refractivity contribution in [2.45, 2.75) is 19.0 Å². The molecule has 1 N–H and O–H groups in total. The molecule has 106 valence electrons. The summed E-state index contributed by atoms with van der Waals surface area (Å²) in [5, 5.41) is 5.18. The topological polar surface area (TPSA) is 46.0 Å². The molecule has 0 saturated heterocycles. The molecule has 0 radical (unpaired) electrons. The van der Waals surface area contributed by atoms with Crippen LogP contribution in [0.5, 0.6) is 0 Å². The molecule has 9 heteroatoms. The van der Waals surface area contributed by atoms with E-state index in [0.29, 0.717) is 15.5 Å². The standard InChI is InChI=1S/C11H7F5N4/c1-5-2-3-6-7(4-5)20-8(18-19-9(20)17-6)10(12,13)11(14,15)16/h2-4H,1H3,(H,17,19). The van der Waals surface area contributed by atoms with Crippen LogP contribution in [0.2, 0.25) is 0 Å². The Morgan fingerprint density at radius 2 is 1.85 bits per heavy atom. The number of hydrogen-bond donors (Lipinski definition) is 1. The maximum absolute atomic E-state index is 13.5. The molecule has 0 aliphatic carbocycles. The minimum Gasteiger partial charge on any atom is -0.258 e. The van der Waals surface area contributed by atoms with Gasteiger partial charge in [0.05, 0.1) is 11.0 Å². The van der Waals surface area contributed by atoms with Crippen molar-refractivity contribution in [3.8, 4) is 0 Å². The highest BCUT2D eigenvalue weighted by molar-refractivity contribution is 5.80. The monoisotopic (exact) mass is 290 g/mol. The number of imidazole rings is 1. The van der Waals surface area contributed by atoms with Gasteiger partial charge in [-0.1, -0.05) is 6.07 Å². The molecule has 0 amide bonds. The van der Waals surface area contributed by atoms with Crippen molar-refractivity contribution in [2.24, 2.45) is 0 Å². The van der Waals surface area contributed by atoms with Crippen LogP contribution in [0, 0.1) is 6.92 Å². The molecule has 20 heavy (non-hydrogen) atoms. The van der Waals surface area contributed by atoms with Gasteiger partial charge in [-0.15, -0.1) is 0 Å². The van der Waals surface area contributed by atoms with E-state index in [1.807, 2.05) is 0 Å². The van der Waals surface area contributed by atoms with E-state index in [4.69, 9.17) is 0 Å². The van der Waals surface area contributed by atoms with E-state index in [1.54, 1.807) is 19.1 Å². The number of aromatic nitrogens is 4. The van der Waals surface area contributed by atoms with Crippen LogP contribution in [-0.4, -0.2) is 25.8 Å². The highest BCUT2D eigenvalue weighted by atomic mass is 19.4. The predicted molar refractivity (Wildman–Crippen MR) is 59.5 cm³/mol. The number of alkyl halides is 5. The van der Waals surface area contributed by atoms with Gasteiger partial charge in [-0.2, -0.15) is 27.1 Å². The SMILES string of the molecule is Cc1ccc2nc3[nH]nc(C(F)(F)C(F)(F)F)n3c2c1. The molecular formula is C11H7F5N4. The minimum absolute atomic E-state index is 0.146. The zero-order valence-corrected chi connectivity index (χ0v) is 9.96. The first-order chi connectivity index (χ1) is 9.22. The number of fused-ring (bicyclic) bond motifs is 3. The van der Waals surface area contributed by atoms with E-state index >= 15 is 0 Å². The van der Waals surface area contributed by atoms with E-state index in [-0.39, 0.29) is 11.3 Å². The van der Waals surface area contributed by atoms with Crippen LogP contribution in [0.15, 0.2) is 18.2 Å².